The van der Waals surface area contributed by atoms with Gasteiger partial charge in [0.1, 0.15) is 23.2 Å². The molecule has 33 heavy (non-hydrogen) atoms. The maximum atomic E-state index is 14.1. The third-order valence-corrected chi connectivity index (χ3v) is 5.09. The molecule has 0 aliphatic heterocycles. The maximum Gasteiger partial charge on any atom is 0.264 e. The Morgan fingerprint density at radius 3 is 2.30 bits per heavy atom. The summed E-state index contributed by atoms with van der Waals surface area (Å²) >= 11 is 0. The molecule has 0 aliphatic carbocycles. The number of hydrogen-bond acceptors (Lipinski definition) is 7. The molecule has 3 rings (SSSR count). The van der Waals surface area contributed by atoms with Crippen molar-refractivity contribution >= 4 is 21.7 Å². The minimum absolute atomic E-state index is 0.0156. The molecule has 8 nitrogen and oxygen atoms in total. The fourth-order valence-corrected chi connectivity index (χ4v) is 3.40. The molecule has 0 radical (unpaired) electrons. The number of nitrogens with two attached hydrogens (primary N) is 1. The molecule has 174 valence electrons. The molecule has 1 aromatic heterocycles. The van der Waals surface area contributed by atoms with Crippen LogP contribution in [-0.4, -0.2) is 38.2 Å². The standard InChI is InChI=1S/C22H20F2N2O6S/c1-33(29,30)32-12-2-11-31-16-6-4-15(5-7-16)26-20(27)10-9-18(22(26)25)21(28)17-8-3-14(23)13-19(17)24/h3-10,13H,2,11-12,25H2,1H3. The lowest BCUT2D eigenvalue weighted by Gasteiger charge is -2.14. The summed E-state index contributed by atoms with van der Waals surface area (Å²) in [6.45, 7) is 0.183. The second-order valence-electron chi connectivity index (χ2n) is 6.98. The zero-order valence-electron chi connectivity index (χ0n) is 17.5. The molecule has 0 atom stereocenters. The summed E-state index contributed by atoms with van der Waals surface area (Å²) in [5.74, 6) is -2.42. The first kappa shape index (κ1) is 24.1. The molecule has 0 aliphatic rings. The van der Waals surface area contributed by atoms with E-state index < -0.39 is 33.1 Å². The van der Waals surface area contributed by atoms with E-state index in [2.05, 4.69) is 4.18 Å². The van der Waals surface area contributed by atoms with Gasteiger partial charge >= 0.3 is 0 Å². The SMILES string of the molecule is CS(=O)(=O)OCCCOc1ccc(-n2c(N)c(C(=O)c3ccc(F)cc3F)ccc2=O)cc1. The fraction of sp³-hybridized carbons (Fsp3) is 0.182. The number of ketones is 1. The predicted octanol–water partition coefficient (Wildman–Crippen LogP) is 2.67. The molecule has 0 saturated carbocycles. The molecule has 1 heterocycles. The Kier molecular flexibility index (Phi) is 7.24. The first-order valence-corrected chi connectivity index (χ1v) is 11.5. The molecule has 2 aromatic carbocycles. The Morgan fingerprint density at radius 1 is 1.00 bits per heavy atom. The highest BCUT2D eigenvalue weighted by atomic mass is 32.2. The van der Waals surface area contributed by atoms with Crippen molar-refractivity contribution in [3.05, 3.63) is 87.7 Å². The summed E-state index contributed by atoms with van der Waals surface area (Å²) in [6, 6.07) is 11.1. The van der Waals surface area contributed by atoms with Crippen LogP contribution in [0.2, 0.25) is 0 Å². The highest BCUT2D eigenvalue weighted by molar-refractivity contribution is 7.85. The van der Waals surface area contributed by atoms with Crippen LogP contribution < -0.4 is 16.0 Å². The Labute approximate surface area is 188 Å². The van der Waals surface area contributed by atoms with E-state index in [-0.39, 0.29) is 30.2 Å². The predicted molar refractivity (Wildman–Crippen MR) is 117 cm³/mol. The van der Waals surface area contributed by atoms with Crippen LogP contribution in [0.15, 0.2) is 59.4 Å². The molecule has 3 aromatic rings. The van der Waals surface area contributed by atoms with Gasteiger partial charge in [-0.2, -0.15) is 8.42 Å². The summed E-state index contributed by atoms with van der Waals surface area (Å²) < 4.78 is 60.2. The number of nitrogens with zero attached hydrogens (tertiary/aromatic N) is 1. The molecule has 11 heteroatoms. The Hall–Kier alpha value is -3.57. The van der Waals surface area contributed by atoms with Crippen LogP contribution in [0.3, 0.4) is 0 Å². The van der Waals surface area contributed by atoms with Crippen LogP contribution in [-0.2, 0) is 14.3 Å². The highest BCUT2D eigenvalue weighted by Crippen LogP contribution is 2.22. The number of ether oxygens (including phenoxy) is 1. The second-order valence-corrected chi connectivity index (χ2v) is 8.63. The third kappa shape index (κ3) is 6.02. The van der Waals surface area contributed by atoms with Gasteiger partial charge in [0.05, 0.1) is 36.3 Å². The van der Waals surface area contributed by atoms with Crippen LogP contribution in [0.1, 0.15) is 22.3 Å². The van der Waals surface area contributed by atoms with Crippen molar-refractivity contribution in [2.75, 3.05) is 25.2 Å². The van der Waals surface area contributed by atoms with Gasteiger partial charge in [0, 0.05) is 18.6 Å². The monoisotopic (exact) mass is 478 g/mol. The van der Waals surface area contributed by atoms with Gasteiger partial charge in [0.15, 0.2) is 5.78 Å². The molecule has 0 spiro atoms. The third-order valence-electron chi connectivity index (χ3n) is 4.50. The number of halogens is 2. The summed E-state index contributed by atoms with van der Waals surface area (Å²) in [7, 11) is -3.51. The quantitative estimate of drug-likeness (QED) is 0.285. The number of nitrogen functional groups attached to an aromatic ring is 1. The molecule has 0 amide bonds. The fourth-order valence-electron chi connectivity index (χ4n) is 2.98. The first-order chi connectivity index (χ1) is 15.6. The topological polar surface area (TPSA) is 118 Å². The van der Waals surface area contributed by atoms with Gasteiger partial charge in [-0.15, -0.1) is 0 Å². The number of rotatable bonds is 9. The normalized spacial score (nSPS) is 11.4. The molecular formula is C22H20F2N2O6S. The van der Waals surface area contributed by atoms with Crippen molar-refractivity contribution < 1.29 is 30.9 Å². The Bertz CT molecular complexity index is 1340. The van der Waals surface area contributed by atoms with E-state index in [1.54, 1.807) is 12.1 Å². The molecule has 0 saturated heterocycles. The van der Waals surface area contributed by atoms with Gasteiger partial charge in [-0.3, -0.25) is 18.3 Å². The highest BCUT2D eigenvalue weighted by Gasteiger charge is 2.20. The molecule has 0 bridgehead atoms. The van der Waals surface area contributed by atoms with Gasteiger partial charge in [-0.25, -0.2) is 8.78 Å². The number of carbonyl (C=O) groups is 1. The van der Waals surface area contributed by atoms with Gasteiger partial charge in [-0.1, -0.05) is 0 Å². The number of aromatic nitrogens is 1. The van der Waals surface area contributed by atoms with Crippen LogP contribution in [0, 0.1) is 11.6 Å². The van der Waals surface area contributed by atoms with Gasteiger partial charge in [-0.05, 0) is 42.5 Å². The Morgan fingerprint density at radius 2 is 1.67 bits per heavy atom. The number of anilines is 1. The van der Waals surface area contributed by atoms with Gasteiger partial charge in [0.25, 0.3) is 15.7 Å². The van der Waals surface area contributed by atoms with Crippen molar-refractivity contribution in [3.8, 4) is 11.4 Å². The minimum atomic E-state index is -3.51. The molecule has 0 unspecified atom stereocenters. The molecular weight excluding hydrogens is 458 g/mol. The summed E-state index contributed by atoms with van der Waals surface area (Å²) in [6.07, 6.45) is 1.30. The number of benzene rings is 2. The van der Waals surface area contributed by atoms with Crippen molar-refractivity contribution in [2.45, 2.75) is 6.42 Å². The summed E-state index contributed by atoms with van der Waals surface area (Å²) in [4.78, 5) is 25.2. The van der Waals surface area contributed by atoms with E-state index in [0.717, 1.165) is 29.0 Å². The zero-order chi connectivity index (χ0) is 24.2. The van der Waals surface area contributed by atoms with E-state index >= 15 is 0 Å². The number of hydrogen-bond donors (Lipinski definition) is 1. The van der Waals surface area contributed by atoms with E-state index in [4.69, 9.17) is 10.5 Å². The molecule has 2 N–H and O–H groups in total. The van der Waals surface area contributed by atoms with Gasteiger partial charge < -0.3 is 10.5 Å². The maximum absolute atomic E-state index is 14.1. The van der Waals surface area contributed by atoms with Crippen LogP contribution in [0.4, 0.5) is 14.6 Å². The molecule has 0 fully saturated rings. The lowest BCUT2D eigenvalue weighted by Crippen LogP contribution is -2.23. The Balaban J connectivity index is 1.79. The van der Waals surface area contributed by atoms with E-state index in [1.165, 1.54) is 18.2 Å². The second kappa shape index (κ2) is 9.92. The first-order valence-electron chi connectivity index (χ1n) is 9.66. The van der Waals surface area contributed by atoms with E-state index in [1.807, 2.05) is 0 Å². The van der Waals surface area contributed by atoms with Crippen molar-refractivity contribution in [2.24, 2.45) is 0 Å². The average Bonchev–Trinajstić information content (AvgIpc) is 2.73. The van der Waals surface area contributed by atoms with Gasteiger partial charge in [0.2, 0.25) is 0 Å². The van der Waals surface area contributed by atoms with Crippen LogP contribution in [0.5, 0.6) is 5.75 Å². The largest absolute Gasteiger partial charge is 0.494 e. The summed E-state index contributed by atoms with van der Waals surface area (Å²) in [5, 5.41) is 0. The van der Waals surface area contributed by atoms with Crippen LogP contribution >= 0.6 is 0 Å². The number of pyridine rings is 1. The number of carbonyl (C=O) groups excluding carboxylic acids is 1. The average molecular weight is 478 g/mol. The van der Waals surface area contributed by atoms with Crippen LogP contribution in [0.25, 0.3) is 5.69 Å². The smallest absolute Gasteiger partial charge is 0.264 e. The lowest BCUT2D eigenvalue weighted by atomic mass is 10.0. The lowest BCUT2D eigenvalue weighted by molar-refractivity contribution is 0.103. The van der Waals surface area contributed by atoms with Crippen molar-refractivity contribution in [3.63, 3.8) is 0 Å². The minimum Gasteiger partial charge on any atom is -0.494 e. The van der Waals surface area contributed by atoms with Crippen molar-refractivity contribution in [1.82, 2.24) is 4.57 Å². The van der Waals surface area contributed by atoms with Crippen molar-refractivity contribution in [1.29, 1.82) is 0 Å². The van der Waals surface area contributed by atoms with E-state index in [9.17, 15) is 26.8 Å². The van der Waals surface area contributed by atoms with E-state index in [0.29, 0.717) is 23.9 Å². The zero-order valence-corrected chi connectivity index (χ0v) is 18.3. The summed E-state index contributed by atoms with van der Waals surface area (Å²) in [5.41, 5.74) is 5.39.